The Hall–Kier alpha value is -4.96. The number of carbonyl (C=O) groups excluding carboxylic acids is 2. The molecule has 0 saturated carbocycles. The predicted octanol–water partition coefficient (Wildman–Crippen LogP) is 2.34. The number of carbonyl (C=O) groups is 2. The Morgan fingerprint density at radius 2 is 1.26 bits per heavy atom. The summed E-state index contributed by atoms with van der Waals surface area (Å²) in [4.78, 5) is 56.0. The van der Waals surface area contributed by atoms with Crippen molar-refractivity contribution in [2.75, 3.05) is 50.2 Å². The molecule has 54 heavy (non-hydrogen) atoms. The van der Waals surface area contributed by atoms with Crippen LogP contribution in [0.25, 0.3) is 23.0 Å². The molecule has 0 aliphatic heterocycles. The van der Waals surface area contributed by atoms with E-state index in [4.69, 9.17) is 25.0 Å². The maximum absolute atomic E-state index is 12.4. The molecule has 0 unspecified atom stereocenters. The van der Waals surface area contributed by atoms with Gasteiger partial charge in [0.2, 0.25) is 11.8 Å². The van der Waals surface area contributed by atoms with Gasteiger partial charge in [-0.15, -0.1) is 0 Å². The number of nitrogens with zero attached hydrogens (tertiary/aromatic N) is 10. The molecule has 6 rings (SSSR count). The normalized spacial score (nSPS) is 13.5. The standard InChI is InChI=1S/2C19H28N6O2/c1-19(2,3)23-16(27)11-24(4)18-13-6-5-7-14(13)21-17(22-18)15-10-25(8-9-26)12-20-15;1-19(2,3)23-16(27)11-24(4)18-13-6-5-7-14(13)21-17(22-18)15-10-20-12-25(15)8-9-26/h2*10,12,26H,5-9,11H2,1-4H3,(H,23,27). The van der Waals surface area contributed by atoms with Crippen molar-refractivity contribution in [2.45, 2.75) is 104 Å². The molecular formula is C38H56N12O4. The first-order valence-corrected chi connectivity index (χ1v) is 18.6. The summed E-state index contributed by atoms with van der Waals surface area (Å²) in [5.41, 5.74) is 5.23. The summed E-state index contributed by atoms with van der Waals surface area (Å²) in [6, 6.07) is 0. The van der Waals surface area contributed by atoms with E-state index in [1.165, 1.54) is 0 Å². The number of likely N-dealkylation sites (N-methyl/N-ethyl adjacent to an activating group) is 2. The molecule has 2 aliphatic rings. The highest BCUT2D eigenvalue weighted by Crippen LogP contribution is 2.32. The van der Waals surface area contributed by atoms with Crippen LogP contribution in [0.5, 0.6) is 0 Å². The summed E-state index contributed by atoms with van der Waals surface area (Å²) in [5.74, 6) is 2.66. The lowest BCUT2D eigenvalue weighted by molar-refractivity contribution is -0.122. The molecule has 4 aromatic rings. The van der Waals surface area contributed by atoms with Gasteiger partial charge in [0, 0.05) is 67.0 Å². The van der Waals surface area contributed by atoms with Crippen LogP contribution in [0.2, 0.25) is 0 Å². The lowest BCUT2D eigenvalue weighted by Gasteiger charge is -2.25. The first-order chi connectivity index (χ1) is 25.5. The van der Waals surface area contributed by atoms with Crippen LogP contribution in [0.3, 0.4) is 0 Å². The molecule has 4 N–H and O–H groups in total. The molecule has 0 aromatic carbocycles. The first-order valence-electron chi connectivity index (χ1n) is 18.6. The second-order valence-electron chi connectivity index (χ2n) is 16.0. The van der Waals surface area contributed by atoms with Gasteiger partial charge < -0.3 is 39.8 Å². The van der Waals surface area contributed by atoms with Gasteiger partial charge in [0.15, 0.2) is 11.6 Å². The second kappa shape index (κ2) is 17.0. The Bertz CT molecular complexity index is 1920. The molecule has 2 aliphatic carbocycles. The van der Waals surface area contributed by atoms with Crippen molar-refractivity contribution in [1.82, 2.24) is 49.7 Å². The third-order valence-corrected chi connectivity index (χ3v) is 8.84. The highest BCUT2D eigenvalue weighted by molar-refractivity contribution is 5.82. The SMILES string of the molecule is CN(CC(=O)NC(C)(C)C)c1nc(-c2cn(CCO)cn2)nc2c1CCC2.CN(CC(=O)NC(C)(C)C)c1nc(-c2cncn2CCO)nc2c1CCC2. The summed E-state index contributed by atoms with van der Waals surface area (Å²) >= 11 is 0. The molecule has 0 spiro atoms. The van der Waals surface area contributed by atoms with Crippen molar-refractivity contribution in [3.63, 3.8) is 0 Å². The Kier molecular flexibility index (Phi) is 12.7. The van der Waals surface area contributed by atoms with Crippen molar-refractivity contribution in [2.24, 2.45) is 0 Å². The molecule has 0 saturated heterocycles. The number of amides is 2. The average Bonchev–Trinajstić information content (AvgIpc) is 3.90. The van der Waals surface area contributed by atoms with Crippen molar-refractivity contribution >= 4 is 23.5 Å². The summed E-state index contributed by atoms with van der Waals surface area (Å²) in [6.07, 6.45) is 12.6. The van der Waals surface area contributed by atoms with E-state index in [0.29, 0.717) is 30.4 Å². The summed E-state index contributed by atoms with van der Waals surface area (Å²) in [6.45, 7) is 13.3. The molecule has 16 nitrogen and oxygen atoms in total. The van der Waals surface area contributed by atoms with Gasteiger partial charge in [-0.3, -0.25) is 9.59 Å². The fourth-order valence-corrected chi connectivity index (χ4v) is 6.69. The molecule has 0 bridgehead atoms. The molecule has 292 valence electrons. The van der Waals surface area contributed by atoms with Crippen molar-refractivity contribution < 1.29 is 19.8 Å². The van der Waals surface area contributed by atoms with Gasteiger partial charge >= 0.3 is 0 Å². The van der Waals surface area contributed by atoms with Crippen molar-refractivity contribution in [3.8, 4) is 23.0 Å². The second-order valence-corrected chi connectivity index (χ2v) is 16.0. The number of aryl methyl sites for hydroxylation is 2. The number of aliphatic hydroxyl groups excluding tert-OH is 2. The lowest BCUT2D eigenvalue weighted by Crippen LogP contribution is -2.45. The molecule has 0 atom stereocenters. The minimum Gasteiger partial charge on any atom is -0.395 e. The maximum Gasteiger partial charge on any atom is 0.239 e. The number of anilines is 2. The molecule has 0 radical (unpaired) electrons. The minimum absolute atomic E-state index is 0.0219. The predicted molar refractivity (Wildman–Crippen MR) is 207 cm³/mol. The highest BCUT2D eigenvalue weighted by atomic mass is 16.3. The topological polar surface area (TPSA) is 192 Å². The molecule has 4 heterocycles. The zero-order valence-corrected chi connectivity index (χ0v) is 33.0. The van der Waals surface area contributed by atoms with Gasteiger partial charge in [-0.25, -0.2) is 29.9 Å². The number of fused-ring (bicyclic) bond motifs is 2. The fourth-order valence-electron chi connectivity index (χ4n) is 6.69. The van der Waals surface area contributed by atoms with E-state index in [1.54, 1.807) is 18.9 Å². The van der Waals surface area contributed by atoms with E-state index in [0.717, 1.165) is 78.4 Å². The van der Waals surface area contributed by atoms with E-state index >= 15 is 0 Å². The number of aliphatic hydroxyl groups is 2. The van der Waals surface area contributed by atoms with Crippen LogP contribution in [0.4, 0.5) is 11.6 Å². The Labute approximate surface area is 317 Å². The van der Waals surface area contributed by atoms with Crippen LogP contribution in [-0.4, -0.2) is 113 Å². The zero-order valence-electron chi connectivity index (χ0n) is 33.0. The Balaban J connectivity index is 0.000000208. The van der Waals surface area contributed by atoms with Crippen molar-refractivity contribution in [1.29, 1.82) is 0 Å². The number of hydrogen-bond acceptors (Lipinski definition) is 12. The largest absolute Gasteiger partial charge is 0.395 e. The van der Waals surface area contributed by atoms with Gasteiger partial charge in [0.25, 0.3) is 0 Å². The average molecular weight is 745 g/mol. The Morgan fingerprint density at radius 3 is 1.78 bits per heavy atom. The fraction of sp³-hybridized carbons (Fsp3) is 0.579. The molecule has 16 heteroatoms. The van der Waals surface area contributed by atoms with Crippen LogP contribution in [0, 0.1) is 0 Å². The number of nitrogens with one attached hydrogen (secondary N) is 2. The number of aromatic nitrogens is 8. The van der Waals surface area contributed by atoms with Gasteiger partial charge in [0.05, 0.1) is 45.2 Å². The Morgan fingerprint density at radius 1 is 0.741 bits per heavy atom. The van der Waals surface area contributed by atoms with E-state index < -0.39 is 0 Å². The van der Waals surface area contributed by atoms with Gasteiger partial charge in [-0.1, -0.05) is 0 Å². The number of imidazole rings is 2. The summed E-state index contributed by atoms with van der Waals surface area (Å²) in [7, 11) is 3.77. The smallest absolute Gasteiger partial charge is 0.239 e. The molecule has 4 aromatic heterocycles. The minimum atomic E-state index is -0.270. The lowest BCUT2D eigenvalue weighted by atomic mass is 10.1. The van der Waals surface area contributed by atoms with E-state index in [1.807, 2.05) is 80.8 Å². The van der Waals surface area contributed by atoms with Crippen molar-refractivity contribution in [3.05, 3.63) is 47.6 Å². The van der Waals surface area contributed by atoms with Crippen LogP contribution in [0.15, 0.2) is 25.0 Å². The van der Waals surface area contributed by atoms with Crippen LogP contribution < -0.4 is 20.4 Å². The van der Waals surface area contributed by atoms with Crippen LogP contribution >= 0.6 is 0 Å². The summed E-state index contributed by atoms with van der Waals surface area (Å²) in [5, 5.41) is 24.3. The third kappa shape index (κ3) is 10.4. The van der Waals surface area contributed by atoms with Crippen LogP contribution in [0.1, 0.15) is 76.9 Å². The first kappa shape index (κ1) is 40.2. The van der Waals surface area contributed by atoms with Gasteiger partial charge in [0.1, 0.15) is 23.0 Å². The van der Waals surface area contributed by atoms with E-state index in [-0.39, 0.29) is 49.2 Å². The number of hydrogen-bond donors (Lipinski definition) is 4. The molecular weight excluding hydrogens is 688 g/mol. The van der Waals surface area contributed by atoms with E-state index in [9.17, 15) is 14.7 Å². The molecule has 0 fully saturated rings. The van der Waals surface area contributed by atoms with Gasteiger partial charge in [-0.2, -0.15) is 0 Å². The zero-order chi connectivity index (χ0) is 39.2. The highest BCUT2D eigenvalue weighted by Gasteiger charge is 2.26. The van der Waals surface area contributed by atoms with Gasteiger partial charge in [-0.05, 0) is 80.1 Å². The van der Waals surface area contributed by atoms with Crippen LogP contribution in [-0.2, 0) is 48.4 Å². The van der Waals surface area contributed by atoms with E-state index in [2.05, 4.69) is 20.6 Å². The monoisotopic (exact) mass is 744 g/mol. The summed E-state index contributed by atoms with van der Waals surface area (Å²) < 4.78 is 3.65. The third-order valence-electron chi connectivity index (χ3n) is 8.84. The number of rotatable bonds is 12. The maximum atomic E-state index is 12.4. The molecule has 2 amide bonds. The quantitative estimate of drug-likeness (QED) is 0.166.